The molecular weight excluding hydrogens is 264 g/mol. The van der Waals surface area contributed by atoms with Crippen molar-refractivity contribution in [2.24, 2.45) is 0 Å². The first-order valence-electron chi connectivity index (χ1n) is 7.12. The van der Waals surface area contributed by atoms with Crippen molar-refractivity contribution in [3.8, 4) is 5.75 Å². The Balaban J connectivity index is 1.90. The van der Waals surface area contributed by atoms with Crippen LogP contribution < -0.4 is 10.1 Å². The van der Waals surface area contributed by atoms with Crippen LogP contribution in [0.15, 0.2) is 42.6 Å². The van der Waals surface area contributed by atoms with E-state index in [1.54, 1.807) is 12.3 Å². The molecule has 0 bridgehead atoms. The fourth-order valence-electron chi connectivity index (χ4n) is 2.00. The first-order chi connectivity index (χ1) is 10.2. The van der Waals surface area contributed by atoms with Gasteiger partial charge in [0, 0.05) is 12.6 Å². The van der Waals surface area contributed by atoms with Gasteiger partial charge in [0.25, 0.3) is 0 Å². The van der Waals surface area contributed by atoms with Gasteiger partial charge in [-0.1, -0.05) is 24.3 Å². The van der Waals surface area contributed by atoms with Gasteiger partial charge in [-0.15, -0.1) is 0 Å². The average molecular weight is 284 g/mol. The third-order valence-electron chi connectivity index (χ3n) is 3.07. The van der Waals surface area contributed by atoms with Gasteiger partial charge in [0.15, 0.2) is 0 Å². The molecule has 2 aromatic rings. The van der Waals surface area contributed by atoms with Crippen molar-refractivity contribution in [1.29, 1.82) is 0 Å². The van der Waals surface area contributed by atoms with E-state index in [1.807, 2.05) is 44.2 Å². The molecule has 0 radical (unpaired) electrons. The minimum Gasteiger partial charge on any atom is -0.494 e. The Morgan fingerprint density at radius 2 is 2.05 bits per heavy atom. The molecule has 2 rings (SSSR count). The second kappa shape index (κ2) is 7.43. The third-order valence-corrected chi connectivity index (χ3v) is 3.07. The number of para-hydroxylation sites is 1. The van der Waals surface area contributed by atoms with Crippen LogP contribution in [0.5, 0.6) is 5.75 Å². The fourth-order valence-corrected chi connectivity index (χ4v) is 2.00. The number of aryl methyl sites for hydroxylation is 2. The van der Waals surface area contributed by atoms with Gasteiger partial charge in [-0.2, -0.15) is 0 Å². The van der Waals surface area contributed by atoms with E-state index < -0.39 is 0 Å². The van der Waals surface area contributed by atoms with Gasteiger partial charge in [0.2, 0.25) is 5.91 Å². The fraction of sp³-hybridized carbons (Fsp3) is 0.294. The molecule has 4 nitrogen and oxygen atoms in total. The molecule has 1 heterocycles. The predicted molar refractivity (Wildman–Crippen MR) is 83.5 cm³/mol. The lowest BCUT2D eigenvalue weighted by atomic mass is 10.1. The number of rotatable bonds is 6. The molecule has 1 N–H and O–H groups in total. The van der Waals surface area contributed by atoms with E-state index in [2.05, 4.69) is 10.3 Å². The number of anilines is 1. The number of benzene rings is 1. The first-order valence-corrected chi connectivity index (χ1v) is 7.12. The summed E-state index contributed by atoms with van der Waals surface area (Å²) in [4.78, 5) is 16.1. The van der Waals surface area contributed by atoms with Crippen molar-refractivity contribution in [3.63, 3.8) is 0 Å². The van der Waals surface area contributed by atoms with Crippen LogP contribution in [0.2, 0.25) is 0 Å². The molecule has 1 aromatic carbocycles. The molecule has 0 unspecified atom stereocenters. The van der Waals surface area contributed by atoms with Crippen LogP contribution in [0.3, 0.4) is 0 Å². The number of carbonyl (C=O) groups excluding carboxylic acids is 1. The summed E-state index contributed by atoms with van der Waals surface area (Å²) in [6.07, 6.45) is 2.79. The molecule has 110 valence electrons. The van der Waals surface area contributed by atoms with Crippen molar-refractivity contribution in [1.82, 2.24) is 4.98 Å². The molecule has 0 aliphatic rings. The molecule has 21 heavy (non-hydrogen) atoms. The normalized spacial score (nSPS) is 10.2. The third kappa shape index (κ3) is 4.60. The standard InChI is InChI=1S/C17H20N2O2/c1-3-21-15-7-5-4-6-14(15)9-11-17(20)19-16-10-8-13(2)12-18-16/h4-8,10,12H,3,9,11H2,1-2H3,(H,18,19,20). The average Bonchev–Trinajstić information content (AvgIpc) is 2.49. The van der Waals surface area contributed by atoms with Crippen LogP contribution in [0, 0.1) is 6.92 Å². The number of ether oxygens (including phenoxy) is 1. The maximum atomic E-state index is 11.9. The highest BCUT2D eigenvalue weighted by atomic mass is 16.5. The highest BCUT2D eigenvalue weighted by Crippen LogP contribution is 2.19. The smallest absolute Gasteiger partial charge is 0.225 e. The molecule has 0 spiro atoms. The number of nitrogens with zero attached hydrogens (tertiary/aromatic N) is 1. The van der Waals surface area contributed by atoms with Crippen molar-refractivity contribution in [3.05, 3.63) is 53.7 Å². The maximum absolute atomic E-state index is 11.9. The van der Waals surface area contributed by atoms with Gasteiger partial charge in [-0.3, -0.25) is 4.79 Å². The van der Waals surface area contributed by atoms with E-state index in [0.29, 0.717) is 25.3 Å². The minimum absolute atomic E-state index is 0.0438. The summed E-state index contributed by atoms with van der Waals surface area (Å²) in [7, 11) is 0. The van der Waals surface area contributed by atoms with E-state index in [1.165, 1.54) is 0 Å². The molecule has 0 saturated heterocycles. The lowest BCUT2D eigenvalue weighted by molar-refractivity contribution is -0.116. The molecule has 0 aliphatic carbocycles. The van der Waals surface area contributed by atoms with Crippen LogP contribution >= 0.6 is 0 Å². The van der Waals surface area contributed by atoms with Crippen LogP contribution in [-0.4, -0.2) is 17.5 Å². The summed E-state index contributed by atoms with van der Waals surface area (Å²) in [5.41, 5.74) is 2.12. The Labute approximate surface area is 125 Å². The van der Waals surface area contributed by atoms with Gasteiger partial charge in [-0.25, -0.2) is 4.98 Å². The Hall–Kier alpha value is -2.36. The summed E-state index contributed by atoms with van der Waals surface area (Å²) in [5, 5.41) is 2.80. The summed E-state index contributed by atoms with van der Waals surface area (Å²) < 4.78 is 5.56. The van der Waals surface area contributed by atoms with Gasteiger partial charge in [0.05, 0.1) is 6.61 Å². The Morgan fingerprint density at radius 1 is 1.24 bits per heavy atom. The molecule has 4 heteroatoms. The zero-order chi connectivity index (χ0) is 15.1. The van der Waals surface area contributed by atoms with Crippen molar-refractivity contribution >= 4 is 11.7 Å². The number of carbonyl (C=O) groups is 1. The second-order valence-electron chi connectivity index (χ2n) is 4.81. The van der Waals surface area contributed by atoms with Crippen LogP contribution in [-0.2, 0) is 11.2 Å². The molecule has 1 aromatic heterocycles. The quantitative estimate of drug-likeness (QED) is 0.885. The highest BCUT2D eigenvalue weighted by molar-refractivity contribution is 5.89. The van der Waals surface area contributed by atoms with E-state index in [4.69, 9.17) is 4.74 Å². The zero-order valence-electron chi connectivity index (χ0n) is 12.4. The minimum atomic E-state index is -0.0438. The highest BCUT2D eigenvalue weighted by Gasteiger charge is 2.07. The largest absolute Gasteiger partial charge is 0.494 e. The van der Waals surface area contributed by atoms with E-state index in [0.717, 1.165) is 16.9 Å². The summed E-state index contributed by atoms with van der Waals surface area (Å²) in [6.45, 7) is 4.53. The number of hydrogen-bond donors (Lipinski definition) is 1. The number of pyridine rings is 1. The maximum Gasteiger partial charge on any atom is 0.225 e. The molecule has 0 saturated carbocycles. The van der Waals surface area contributed by atoms with E-state index in [-0.39, 0.29) is 5.91 Å². The number of amides is 1. The molecule has 0 fully saturated rings. The monoisotopic (exact) mass is 284 g/mol. The van der Waals surface area contributed by atoms with Crippen molar-refractivity contribution in [2.75, 3.05) is 11.9 Å². The Bertz CT molecular complexity index is 594. The Kier molecular flexibility index (Phi) is 5.32. The van der Waals surface area contributed by atoms with Crippen LogP contribution in [0.4, 0.5) is 5.82 Å². The zero-order valence-corrected chi connectivity index (χ0v) is 12.4. The summed E-state index contributed by atoms with van der Waals surface area (Å²) >= 11 is 0. The number of nitrogens with one attached hydrogen (secondary N) is 1. The lowest BCUT2D eigenvalue weighted by Gasteiger charge is -2.10. The van der Waals surface area contributed by atoms with Gasteiger partial charge >= 0.3 is 0 Å². The van der Waals surface area contributed by atoms with Gasteiger partial charge in [0.1, 0.15) is 11.6 Å². The summed E-state index contributed by atoms with van der Waals surface area (Å²) in [5.74, 6) is 1.39. The number of aromatic nitrogens is 1. The van der Waals surface area contributed by atoms with Gasteiger partial charge in [-0.05, 0) is 43.5 Å². The molecular formula is C17H20N2O2. The molecule has 0 atom stereocenters. The van der Waals surface area contributed by atoms with Crippen molar-refractivity contribution in [2.45, 2.75) is 26.7 Å². The van der Waals surface area contributed by atoms with E-state index >= 15 is 0 Å². The van der Waals surface area contributed by atoms with E-state index in [9.17, 15) is 4.79 Å². The van der Waals surface area contributed by atoms with Crippen LogP contribution in [0.1, 0.15) is 24.5 Å². The predicted octanol–water partition coefficient (Wildman–Crippen LogP) is 3.36. The van der Waals surface area contributed by atoms with Crippen LogP contribution in [0.25, 0.3) is 0 Å². The van der Waals surface area contributed by atoms with Crippen molar-refractivity contribution < 1.29 is 9.53 Å². The lowest BCUT2D eigenvalue weighted by Crippen LogP contribution is -2.13. The summed E-state index contributed by atoms with van der Waals surface area (Å²) in [6, 6.07) is 11.5. The molecule has 0 aliphatic heterocycles. The Morgan fingerprint density at radius 3 is 2.76 bits per heavy atom. The topological polar surface area (TPSA) is 51.2 Å². The second-order valence-corrected chi connectivity index (χ2v) is 4.81. The first kappa shape index (κ1) is 15.0. The molecule has 1 amide bonds. The number of hydrogen-bond acceptors (Lipinski definition) is 3. The van der Waals surface area contributed by atoms with Gasteiger partial charge < -0.3 is 10.1 Å². The SMILES string of the molecule is CCOc1ccccc1CCC(=O)Nc1ccc(C)cn1.